The number of benzene rings is 2. The summed E-state index contributed by atoms with van der Waals surface area (Å²) in [7, 11) is 1.42. The summed E-state index contributed by atoms with van der Waals surface area (Å²) in [6.45, 7) is -0.195. The van der Waals surface area contributed by atoms with Crippen LogP contribution in [0.5, 0.6) is 0 Å². The summed E-state index contributed by atoms with van der Waals surface area (Å²) in [5.74, 6) is -3.68. The van der Waals surface area contributed by atoms with E-state index >= 15 is 0 Å². The van der Waals surface area contributed by atoms with Gasteiger partial charge in [0.25, 0.3) is 0 Å². The van der Waals surface area contributed by atoms with Gasteiger partial charge in [0, 0.05) is 43.7 Å². The normalized spacial score (nSPS) is 15.6. The summed E-state index contributed by atoms with van der Waals surface area (Å²) in [6.07, 6.45) is 5.59. The topological polar surface area (TPSA) is 248 Å². The number of nitrogens with one attached hydrogen (secondary N) is 3. The lowest BCUT2D eigenvalue weighted by Crippen LogP contribution is -2.56. The number of amides is 5. The number of carbonyl (C=O) groups is 5. The van der Waals surface area contributed by atoms with E-state index in [1.165, 1.54) is 47.2 Å². The first-order chi connectivity index (χ1) is 23.8. The van der Waals surface area contributed by atoms with Crippen LogP contribution in [0.2, 0.25) is 0 Å². The first-order valence-corrected chi connectivity index (χ1v) is 16.1. The summed E-state index contributed by atoms with van der Waals surface area (Å²) in [4.78, 5) is 75.2. The van der Waals surface area contributed by atoms with E-state index in [0.717, 1.165) is 16.5 Å². The molecule has 0 fully saturated rings. The Bertz CT molecular complexity index is 1750. The molecule has 4 atom stereocenters. The molecule has 1 aromatic heterocycles. The van der Waals surface area contributed by atoms with Gasteiger partial charge in [0.05, 0.1) is 12.6 Å². The zero-order valence-electron chi connectivity index (χ0n) is 27.7. The number of carbonyl (C=O) groups excluding carboxylic acids is 5. The van der Waals surface area contributed by atoms with Crippen LogP contribution in [0, 0.1) is 5.82 Å². The number of aromatic nitrogens is 1. The highest BCUT2D eigenvalue weighted by molar-refractivity contribution is 5.96. The molecule has 2 aromatic carbocycles. The van der Waals surface area contributed by atoms with Gasteiger partial charge in [-0.15, -0.1) is 0 Å². The van der Waals surface area contributed by atoms with Crippen LogP contribution in [0.4, 0.5) is 4.39 Å². The van der Waals surface area contributed by atoms with Crippen molar-refractivity contribution in [2.45, 2.75) is 49.9 Å². The highest BCUT2D eigenvalue weighted by Crippen LogP contribution is 2.20. The van der Waals surface area contributed by atoms with Crippen molar-refractivity contribution in [1.82, 2.24) is 25.4 Å². The van der Waals surface area contributed by atoms with Gasteiger partial charge in [0.2, 0.25) is 29.5 Å². The number of para-hydroxylation sites is 1. The van der Waals surface area contributed by atoms with E-state index in [2.05, 4.69) is 20.6 Å². The molecule has 2 heterocycles. The Balaban J connectivity index is 1.39. The molecule has 5 amide bonds. The van der Waals surface area contributed by atoms with Gasteiger partial charge in [-0.3, -0.25) is 29.0 Å². The molecular weight excluding hydrogens is 647 g/mol. The highest BCUT2D eigenvalue weighted by atomic mass is 19.1. The van der Waals surface area contributed by atoms with E-state index in [1.807, 2.05) is 24.3 Å². The van der Waals surface area contributed by atoms with Gasteiger partial charge < -0.3 is 48.4 Å². The third-order valence-corrected chi connectivity index (χ3v) is 8.46. The molecule has 0 aliphatic carbocycles. The molecule has 11 N–H and O–H groups in total. The lowest BCUT2D eigenvalue weighted by atomic mass is 10.0. The van der Waals surface area contributed by atoms with Crippen molar-refractivity contribution in [2.24, 2.45) is 27.9 Å². The maximum Gasteiger partial charge on any atom is 0.247 e. The number of nitrogens with two attached hydrogens (primary N) is 4. The Morgan fingerprint density at radius 3 is 2.48 bits per heavy atom. The van der Waals surface area contributed by atoms with Crippen LogP contribution in [-0.2, 0) is 36.8 Å². The third kappa shape index (κ3) is 9.65. The number of fused-ring (bicyclic) bond motifs is 1. The largest absolute Gasteiger partial charge is 0.370 e. The average molecular weight is 691 g/mol. The second kappa shape index (κ2) is 17.1. The average Bonchev–Trinajstić information content (AvgIpc) is 3.75. The second-order valence-electron chi connectivity index (χ2n) is 12.0. The Morgan fingerprint density at radius 1 is 1.06 bits per heavy atom. The minimum Gasteiger partial charge on any atom is -0.370 e. The standard InChI is InChI=1S/C34H43FN10O5/c1-44(28(30(37)47)17-21-18-41-25-7-3-2-6-23(21)25)29(46)19-42-31(48)26(8-4-14-40-34(38)39)43-32(49)27-9-5-15-45(27)33(50)24(36)16-20-10-12-22(35)13-11-20/h2-3,5-7,9-13,18,24,26-28,41H,4,8,14-17,19,36H2,1H3,(H2,37,47)(H,42,48)(H,43,49)(H4,38,39,40)/t24-,26-,27-,28-/m0/s1. The molecule has 0 bridgehead atoms. The number of halogens is 1. The van der Waals surface area contributed by atoms with Crippen molar-refractivity contribution < 1.29 is 28.4 Å². The number of primary amides is 1. The summed E-state index contributed by atoms with van der Waals surface area (Å²) in [5.41, 5.74) is 25.0. The lowest BCUT2D eigenvalue weighted by molar-refractivity contribution is -0.140. The predicted octanol–water partition coefficient (Wildman–Crippen LogP) is -0.847. The molecule has 0 radical (unpaired) electrons. The fourth-order valence-electron chi connectivity index (χ4n) is 5.70. The highest BCUT2D eigenvalue weighted by Gasteiger charge is 2.35. The Kier molecular flexibility index (Phi) is 12.6. The Morgan fingerprint density at radius 2 is 1.78 bits per heavy atom. The number of guanidine groups is 1. The molecule has 50 heavy (non-hydrogen) atoms. The van der Waals surface area contributed by atoms with Crippen molar-refractivity contribution in [3.8, 4) is 0 Å². The number of hydrogen-bond acceptors (Lipinski definition) is 7. The summed E-state index contributed by atoms with van der Waals surface area (Å²) >= 11 is 0. The van der Waals surface area contributed by atoms with Crippen molar-refractivity contribution in [2.75, 3.05) is 26.7 Å². The number of likely N-dealkylation sites (N-methyl/N-ethyl adjacent to an activating group) is 1. The Hall–Kier alpha value is -5.77. The maximum absolute atomic E-state index is 13.5. The van der Waals surface area contributed by atoms with Crippen molar-refractivity contribution in [3.05, 3.63) is 83.8 Å². The molecule has 3 aromatic rings. The zero-order chi connectivity index (χ0) is 36.4. The van der Waals surface area contributed by atoms with Crippen LogP contribution in [0.1, 0.15) is 24.0 Å². The number of H-pyrrole nitrogens is 1. The molecule has 1 aliphatic rings. The molecule has 0 unspecified atom stereocenters. The molecule has 15 nitrogen and oxygen atoms in total. The third-order valence-electron chi connectivity index (χ3n) is 8.46. The summed E-state index contributed by atoms with van der Waals surface area (Å²) in [6, 6.07) is 8.92. The van der Waals surface area contributed by atoms with Gasteiger partial charge in [0.1, 0.15) is 23.9 Å². The van der Waals surface area contributed by atoms with E-state index in [1.54, 1.807) is 12.3 Å². The molecule has 16 heteroatoms. The van der Waals surface area contributed by atoms with Crippen LogP contribution >= 0.6 is 0 Å². The van der Waals surface area contributed by atoms with E-state index < -0.39 is 66.1 Å². The second-order valence-corrected chi connectivity index (χ2v) is 12.0. The van der Waals surface area contributed by atoms with E-state index in [-0.39, 0.29) is 38.3 Å². The SMILES string of the molecule is CN(C(=O)CNC(=O)[C@H](CCCN=C(N)N)NC(=O)[C@@H]1C=CCN1C(=O)[C@@H](N)Cc1ccc(F)cc1)[C@@H](Cc1c[nH]c2ccccc12)C(N)=O. The van der Waals surface area contributed by atoms with E-state index in [9.17, 15) is 28.4 Å². The monoisotopic (exact) mass is 690 g/mol. The minimum atomic E-state index is -1.13. The summed E-state index contributed by atoms with van der Waals surface area (Å²) < 4.78 is 13.3. The first kappa shape index (κ1) is 37.1. The molecule has 0 spiro atoms. The molecular formula is C34H43FN10O5. The van der Waals surface area contributed by atoms with Gasteiger partial charge in [-0.05, 0) is 48.6 Å². The molecule has 0 saturated carbocycles. The van der Waals surface area contributed by atoms with Crippen molar-refractivity contribution in [1.29, 1.82) is 0 Å². The van der Waals surface area contributed by atoms with E-state index in [4.69, 9.17) is 22.9 Å². The van der Waals surface area contributed by atoms with Gasteiger partial charge in [0.15, 0.2) is 5.96 Å². The van der Waals surface area contributed by atoms with Gasteiger partial charge >= 0.3 is 0 Å². The number of hydrogen-bond donors (Lipinski definition) is 7. The number of aliphatic imine (C=N–C) groups is 1. The van der Waals surface area contributed by atoms with Crippen LogP contribution in [-0.4, -0.2) is 101 Å². The number of aromatic amines is 1. The number of nitrogens with zero attached hydrogens (tertiary/aromatic N) is 3. The van der Waals surface area contributed by atoms with Gasteiger partial charge in [-0.25, -0.2) is 4.39 Å². The molecule has 4 rings (SSSR count). The number of rotatable bonds is 16. The van der Waals surface area contributed by atoms with Crippen LogP contribution < -0.4 is 33.6 Å². The van der Waals surface area contributed by atoms with Crippen LogP contribution in [0.15, 0.2) is 71.9 Å². The minimum absolute atomic E-state index is 0.0946. The Labute approximate surface area is 288 Å². The lowest BCUT2D eigenvalue weighted by Gasteiger charge is -2.28. The van der Waals surface area contributed by atoms with Crippen LogP contribution in [0.25, 0.3) is 10.9 Å². The van der Waals surface area contributed by atoms with Gasteiger partial charge in [-0.1, -0.05) is 42.5 Å². The van der Waals surface area contributed by atoms with Crippen molar-refractivity contribution in [3.63, 3.8) is 0 Å². The maximum atomic E-state index is 13.5. The fourth-order valence-corrected chi connectivity index (χ4v) is 5.70. The van der Waals surface area contributed by atoms with E-state index in [0.29, 0.717) is 12.0 Å². The first-order valence-electron chi connectivity index (χ1n) is 16.1. The quantitative estimate of drug-likeness (QED) is 0.0431. The zero-order valence-corrected chi connectivity index (χ0v) is 27.7. The molecule has 266 valence electrons. The van der Waals surface area contributed by atoms with Gasteiger partial charge in [-0.2, -0.15) is 0 Å². The predicted molar refractivity (Wildman–Crippen MR) is 185 cm³/mol. The van der Waals surface area contributed by atoms with Crippen molar-refractivity contribution >= 4 is 46.4 Å². The summed E-state index contributed by atoms with van der Waals surface area (Å²) in [5, 5.41) is 6.10. The molecule has 0 saturated heterocycles. The van der Waals surface area contributed by atoms with Crippen LogP contribution in [0.3, 0.4) is 0 Å². The fraction of sp³-hybridized carbons (Fsp3) is 0.353. The smallest absolute Gasteiger partial charge is 0.247 e. The molecule has 1 aliphatic heterocycles.